The molecule has 0 spiro atoms. The van der Waals surface area contributed by atoms with Gasteiger partial charge in [0.25, 0.3) is 5.91 Å². The Kier molecular flexibility index (Phi) is 4.71. The molecule has 1 saturated carbocycles. The maximum Gasteiger partial charge on any atom is 0.416 e. The number of hydrogen-bond acceptors (Lipinski definition) is 2. The van der Waals surface area contributed by atoms with Crippen LogP contribution in [0.25, 0.3) is 0 Å². The van der Waals surface area contributed by atoms with Crippen LogP contribution >= 0.6 is 0 Å². The summed E-state index contributed by atoms with van der Waals surface area (Å²) in [4.78, 5) is 15.3. The number of rotatable bonds is 4. The summed E-state index contributed by atoms with van der Waals surface area (Å²) in [5.74, 6) is 0.0834. The SMILES string of the molecule is C[C@H](C(=O)NC1CC1)[NH+]1CCN(c2cccc(C(F)(F)F)c2)CC1. The Bertz CT molecular complexity index is 593. The number of hydrogen-bond donors (Lipinski definition) is 2. The second-order valence-corrected chi connectivity index (χ2v) is 6.70. The van der Waals surface area contributed by atoms with Crippen molar-refractivity contribution in [1.29, 1.82) is 0 Å². The molecule has 2 fully saturated rings. The number of amides is 1. The predicted molar refractivity (Wildman–Crippen MR) is 85.0 cm³/mol. The van der Waals surface area contributed by atoms with E-state index in [4.69, 9.17) is 0 Å². The van der Waals surface area contributed by atoms with Crippen molar-refractivity contribution >= 4 is 11.6 Å². The topological polar surface area (TPSA) is 36.8 Å². The van der Waals surface area contributed by atoms with Gasteiger partial charge >= 0.3 is 6.18 Å². The van der Waals surface area contributed by atoms with E-state index in [0.717, 1.165) is 32.0 Å². The molecule has 2 N–H and O–H groups in total. The van der Waals surface area contributed by atoms with Crippen LogP contribution in [-0.2, 0) is 11.0 Å². The summed E-state index contributed by atoms with van der Waals surface area (Å²) in [6, 6.07) is 5.69. The highest BCUT2D eigenvalue weighted by Gasteiger charge is 2.34. The molecule has 1 aliphatic heterocycles. The van der Waals surface area contributed by atoms with Crippen LogP contribution in [-0.4, -0.2) is 44.2 Å². The van der Waals surface area contributed by atoms with Crippen LogP contribution in [0.3, 0.4) is 0 Å². The number of benzene rings is 1. The molecule has 1 amide bonds. The van der Waals surface area contributed by atoms with Crippen LogP contribution in [0.1, 0.15) is 25.3 Å². The van der Waals surface area contributed by atoms with Crippen molar-refractivity contribution in [3.8, 4) is 0 Å². The molecule has 1 aliphatic carbocycles. The Morgan fingerprint density at radius 3 is 2.54 bits per heavy atom. The third kappa shape index (κ3) is 4.01. The van der Waals surface area contributed by atoms with Crippen LogP contribution in [0, 0.1) is 0 Å². The van der Waals surface area contributed by atoms with Gasteiger partial charge in [0.1, 0.15) is 0 Å². The Labute approximate surface area is 139 Å². The van der Waals surface area contributed by atoms with Crippen LogP contribution in [0.2, 0.25) is 0 Å². The van der Waals surface area contributed by atoms with Gasteiger partial charge in [-0.15, -0.1) is 0 Å². The first-order chi connectivity index (χ1) is 11.3. The van der Waals surface area contributed by atoms with Gasteiger partial charge in [0.05, 0.1) is 31.7 Å². The average molecular weight is 342 g/mol. The fourth-order valence-electron chi connectivity index (χ4n) is 3.10. The minimum absolute atomic E-state index is 0.0834. The molecule has 1 aromatic rings. The predicted octanol–water partition coefficient (Wildman–Crippen LogP) is 1.08. The Balaban J connectivity index is 1.57. The van der Waals surface area contributed by atoms with Crippen LogP contribution in [0.4, 0.5) is 18.9 Å². The van der Waals surface area contributed by atoms with E-state index in [1.54, 1.807) is 6.07 Å². The number of nitrogens with zero attached hydrogens (tertiary/aromatic N) is 1. The molecule has 1 saturated heterocycles. The molecule has 3 rings (SSSR count). The Morgan fingerprint density at radius 2 is 1.96 bits per heavy atom. The van der Waals surface area contributed by atoms with Gasteiger partial charge in [-0.05, 0) is 38.0 Å². The smallest absolute Gasteiger partial charge is 0.360 e. The van der Waals surface area contributed by atoms with E-state index in [9.17, 15) is 18.0 Å². The van der Waals surface area contributed by atoms with Crippen molar-refractivity contribution in [2.75, 3.05) is 31.1 Å². The maximum absolute atomic E-state index is 12.8. The Morgan fingerprint density at radius 1 is 1.29 bits per heavy atom. The number of halogens is 3. The average Bonchev–Trinajstić information content (AvgIpc) is 3.37. The zero-order valence-corrected chi connectivity index (χ0v) is 13.7. The molecule has 0 bridgehead atoms. The summed E-state index contributed by atoms with van der Waals surface area (Å²) in [5, 5.41) is 3.02. The maximum atomic E-state index is 12.8. The molecular formula is C17H23F3N3O+. The molecule has 0 radical (unpaired) electrons. The minimum Gasteiger partial charge on any atom is -0.360 e. The number of anilines is 1. The van der Waals surface area contributed by atoms with Crippen LogP contribution in [0.5, 0.6) is 0 Å². The highest BCUT2D eigenvalue weighted by Crippen LogP contribution is 2.31. The van der Waals surface area contributed by atoms with E-state index in [1.807, 2.05) is 11.8 Å². The molecule has 1 atom stereocenters. The van der Waals surface area contributed by atoms with Crippen molar-refractivity contribution in [1.82, 2.24) is 5.32 Å². The van der Waals surface area contributed by atoms with E-state index >= 15 is 0 Å². The summed E-state index contributed by atoms with van der Waals surface area (Å²) in [7, 11) is 0. The lowest BCUT2D eigenvalue weighted by Crippen LogP contribution is -3.19. The number of nitrogens with one attached hydrogen (secondary N) is 2. The van der Waals surface area contributed by atoms with Gasteiger partial charge in [0.15, 0.2) is 6.04 Å². The molecular weight excluding hydrogens is 319 g/mol. The lowest BCUT2D eigenvalue weighted by molar-refractivity contribution is -0.914. The molecule has 7 heteroatoms. The van der Waals surface area contributed by atoms with Crippen molar-refractivity contribution in [3.05, 3.63) is 29.8 Å². The van der Waals surface area contributed by atoms with Gasteiger partial charge in [0.2, 0.25) is 0 Å². The van der Waals surface area contributed by atoms with Crippen molar-refractivity contribution < 1.29 is 22.9 Å². The van der Waals surface area contributed by atoms with E-state index in [0.29, 0.717) is 24.8 Å². The molecule has 1 heterocycles. The zero-order valence-electron chi connectivity index (χ0n) is 13.7. The van der Waals surface area contributed by atoms with Gasteiger partial charge in [-0.1, -0.05) is 6.07 Å². The molecule has 0 aromatic heterocycles. The second kappa shape index (κ2) is 6.63. The number of piperazine rings is 1. The van der Waals surface area contributed by atoms with Gasteiger partial charge in [0, 0.05) is 11.7 Å². The van der Waals surface area contributed by atoms with Crippen molar-refractivity contribution in [2.24, 2.45) is 0 Å². The zero-order chi connectivity index (χ0) is 17.3. The molecule has 0 unspecified atom stereocenters. The molecule has 1 aromatic carbocycles. The third-order valence-electron chi connectivity index (χ3n) is 4.87. The van der Waals surface area contributed by atoms with Crippen LogP contribution in [0.15, 0.2) is 24.3 Å². The van der Waals surface area contributed by atoms with E-state index in [-0.39, 0.29) is 11.9 Å². The largest absolute Gasteiger partial charge is 0.416 e. The fourth-order valence-corrected chi connectivity index (χ4v) is 3.10. The van der Waals surface area contributed by atoms with Gasteiger partial charge in [-0.25, -0.2) is 0 Å². The summed E-state index contributed by atoms with van der Waals surface area (Å²) in [6.07, 6.45) is -2.19. The normalized spacial score (nSPS) is 20.8. The molecule has 2 aliphatic rings. The molecule has 132 valence electrons. The van der Waals surface area contributed by atoms with Crippen molar-refractivity contribution in [2.45, 2.75) is 38.0 Å². The second-order valence-electron chi connectivity index (χ2n) is 6.70. The van der Waals surface area contributed by atoms with E-state index in [2.05, 4.69) is 5.32 Å². The lowest BCUT2D eigenvalue weighted by Gasteiger charge is -2.36. The fraction of sp³-hybridized carbons (Fsp3) is 0.588. The monoisotopic (exact) mass is 342 g/mol. The first-order valence-corrected chi connectivity index (χ1v) is 8.42. The summed E-state index contributed by atoms with van der Waals surface area (Å²) in [5.41, 5.74) is -0.0223. The first-order valence-electron chi connectivity index (χ1n) is 8.42. The Hall–Kier alpha value is -1.76. The van der Waals surface area contributed by atoms with E-state index < -0.39 is 11.7 Å². The number of alkyl halides is 3. The number of carbonyl (C=O) groups excluding carboxylic acids is 1. The van der Waals surface area contributed by atoms with Crippen molar-refractivity contribution in [3.63, 3.8) is 0 Å². The van der Waals surface area contributed by atoms with Gasteiger partial charge in [-0.2, -0.15) is 13.2 Å². The molecule has 24 heavy (non-hydrogen) atoms. The summed E-state index contributed by atoms with van der Waals surface area (Å²) < 4.78 is 38.5. The standard InChI is InChI=1S/C17H22F3N3O/c1-12(16(24)21-14-5-6-14)22-7-9-23(10-8-22)15-4-2-3-13(11-15)17(18,19)20/h2-4,11-12,14H,5-10H2,1H3,(H,21,24)/p+1/t12-/m1/s1. The number of quaternary nitrogens is 1. The first kappa shape index (κ1) is 17.1. The highest BCUT2D eigenvalue weighted by molar-refractivity contribution is 5.80. The van der Waals surface area contributed by atoms with Gasteiger partial charge < -0.3 is 15.1 Å². The number of carbonyl (C=O) groups is 1. The summed E-state index contributed by atoms with van der Waals surface area (Å²) >= 11 is 0. The minimum atomic E-state index is -4.32. The third-order valence-corrected chi connectivity index (χ3v) is 4.87. The van der Waals surface area contributed by atoms with E-state index in [1.165, 1.54) is 17.0 Å². The van der Waals surface area contributed by atoms with Crippen LogP contribution < -0.4 is 15.1 Å². The summed E-state index contributed by atoms with van der Waals surface area (Å²) in [6.45, 7) is 4.72. The quantitative estimate of drug-likeness (QED) is 0.859. The highest BCUT2D eigenvalue weighted by atomic mass is 19.4. The lowest BCUT2D eigenvalue weighted by atomic mass is 10.1. The molecule has 4 nitrogen and oxygen atoms in total. The van der Waals surface area contributed by atoms with Gasteiger partial charge in [-0.3, -0.25) is 4.79 Å².